The number of rotatable bonds is 3. The van der Waals surface area contributed by atoms with E-state index < -0.39 is 6.29 Å². The van der Waals surface area contributed by atoms with Gasteiger partial charge in [0.15, 0.2) is 6.29 Å². The molecule has 3 heteroatoms. The minimum Gasteiger partial charge on any atom is -0.366 e. The van der Waals surface area contributed by atoms with E-state index in [1.165, 1.54) is 0 Å². The number of aliphatic hydroxyl groups excluding tert-OH is 1. The maximum absolute atomic E-state index is 9.10. The van der Waals surface area contributed by atoms with Gasteiger partial charge in [0.2, 0.25) is 0 Å². The molecule has 0 bridgehead atoms. The van der Waals surface area contributed by atoms with E-state index in [0.717, 1.165) is 6.42 Å². The molecule has 2 atom stereocenters. The Morgan fingerprint density at radius 3 is 2.00 bits per heavy atom. The van der Waals surface area contributed by atoms with Gasteiger partial charge in [0, 0.05) is 5.54 Å². The van der Waals surface area contributed by atoms with E-state index in [0.29, 0.717) is 0 Å². The molecule has 0 aromatic carbocycles. The second kappa shape index (κ2) is 2.69. The van der Waals surface area contributed by atoms with E-state index in [4.69, 9.17) is 15.6 Å². The Bertz CT molecular complexity index is 172. The predicted molar refractivity (Wildman–Crippen MR) is 47.5 cm³/mol. The highest BCUT2D eigenvalue weighted by Gasteiger charge is 2.49. The smallest absolute Gasteiger partial charge is 0.182 e. The van der Waals surface area contributed by atoms with Crippen molar-refractivity contribution in [2.75, 3.05) is 0 Å². The number of hydrogen-bond acceptors (Lipinski definition) is 3. The fourth-order valence-electron chi connectivity index (χ4n) is 1.95. The Morgan fingerprint density at radius 1 is 1.33 bits per heavy atom. The third-order valence-electron chi connectivity index (χ3n) is 2.15. The predicted octanol–water partition coefficient (Wildman–Crippen LogP) is 0.857. The highest BCUT2D eigenvalue weighted by atomic mass is 16.7. The minimum absolute atomic E-state index is 0.0275. The second-order valence-electron chi connectivity index (χ2n) is 5.10. The van der Waals surface area contributed by atoms with Crippen molar-refractivity contribution in [3.05, 3.63) is 0 Å². The summed E-state index contributed by atoms with van der Waals surface area (Å²) >= 11 is 0. The van der Waals surface area contributed by atoms with E-state index in [1.807, 2.05) is 13.8 Å². The van der Waals surface area contributed by atoms with Crippen molar-refractivity contribution < 1.29 is 9.84 Å². The summed E-state index contributed by atoms with van der Waals surface area (Å²) in [7, 11) is 0. The summed E-state index contributed by atoms with van der Waals surface area (Å²) in [5, 5.41) is 9.10. The third kappa shape index (κ3) is 2.44. The molecule has 0 aliphatic carbocycles. The summed E-state index contributed by atoms with van der Waals surface area (Å²) in [6.45, 7) is 8.12. The van der Waals surface area contributed by atoms with Crippen LogP contribution in [-0.2, 0) is 4.74 Å². The van der Waals surface area contributed by atoms with Gasteiger partial charge in [-0.05, 0) is 25.7 Å². The summed E-state index contributed by atoms with van der Waals surface area (Å²) in [5.74, 6) is 0. The number of epoxide rings is 1. The highest BCUT2D eigenvalue weighted by molar-refractivity contribution is 4.94. The van der Waals surface area contributed by atoms with E-state index in [9.17, 15) is 0 Å². The molecule has 1 aliphatic rings. The van der Waals surface area contributed by atoms with Crippen molar-refractivity contribution in [2.45, 2.75) is 52.0 Å². The Balaban J connectivity index is 2.49. The van der Waals surface area contributed by atoms with Crippen LogP contribution in [0.15, 0.2) is 0 Å². The lowest BCUT2D eigenvalue weighted by Gasteiger charge is -2.30. The van der Waals surface area contributed by atoms with Crippen LogP contribution in [0.1, 0.15) is 34.1 Å². The molecule has 0 saturated carbocycles. The van der Waals surface area contributed by atoms with Crippen LogP contribution < -0.4 is 5.73 Å². The maximum Gasteiger partial charge on any atom is 0.182 e. The Morgan fingerprint density at radius 2 is 1.75 bits per heavy atom. The minimum atomic E-state index is -0.567. The summed E-state index contributed by atoms with van der Waals surface area (Å²) in [5.41, 5.74) is 5.67. The zero-order valence-electron chi connectivity index (χ0n) is 8.29. The number of ether oxygens (including phenoxy) is 1. The van der Waals surface area contributed by atoms with Crippen LogP contribution in [0.4, 0.5) is 0 Å². The normalized spacial score (nSPS) is 30.5. The average Bonchev–Trinajstić information content (AvgIpc) is 2.38. The quantitative estimate of drug-likeness (QED) is 0.622. The second-order valence-corrected chi connectivity index (χ2v) is 5.10. The molecule has 2 unspecified atom stereocenters. The van der Waals surface area contributed by atoms with Gasteiger partial charge in [0.1, 0.15) is 6.10 Å². The molecule has 0 aromatic rings. The number of aliphatic hydroxyl groups is 1. The Hall–Kier alpha value is -0.120. The summed E-state index contributed by atoms with van der Waals surface area (Å²) in [6, 6.07) is 0. The first kappa shape index (κ1) is 9.96. The van der Waals surface area contributed by atoms with E-state index in [1.54, 1.807) is 0 Å². The monoisotopic (exact) mass is 173 g/mol. The van der Waals surface area contributed by atoms with Crippen LogP contribution in [0, 0.1) is 5.41 Å². The molecule has 3 N–H and O–H groups in total. The van der Waals surface area contributed by atoms with Gasteiger partial charge in [-0.1, -0.05) is 13.8 Å². The molecule has 12 heavy (non-hydrogen) atoms. The van der Waals surface area contributed by atoms with Gasteiger partial charge < -0.3 is 15.6 Å². The van der Waals surface area contributed by atoms with Crippen LogP contribution in [0.5, 0.6) is 0 Å². The molecule has 0 amide bonds. The van der Waals surface area contributed by atoms with Crippen molar-refractivity contribution in [3.8, 4) is 0 Å². The lowest BCUT2D eigenvalue weighted by molar-refractivity contribution is 0.152. The molecule has 3 nitrogen and oxygen atoms in total. The van der Waals surface area contributed by atoms with Gasteiger partial charge in [0.05, 0.1) is 0 Å². The van der Waals surface area contributed by atoms with Crippen molar-refractivity contribution in [1.82, 2.24) is 0 Å². The van der Waals surface area contributed by atoms with Gasteiger partial charge >= 0.3 is 0 Å². The van der Waals surface area contributed by atoms with Crippen LogP contribution in [0.3, 0.4) is 0 Å². The van der Waals surface area contributed by atoms with E-state index in [2.05, 4.69) is 13.8 Å². The van der Waals surface area contributed by atoms with Crippen LogP contribution >= 0.6 is 0 Å². The summed E-state index contributed by atoms with van der Waals surface area (Å²) in [6.07, 6.45) is 0.254. The molecule has 1 aliphatic heterocycles. The summed E-state index contributed by atoms with van der Waals surface area (Å²) in [4.78, 5) is 0. The van der Waals surface area contributed by atoms with E-state index in [-0.39, 0.29) is 17.1 Å². The van der Waals surface area contributed by atoms with Crippen molar-refractivity contribution in [1.29, 1.82) is 0 Å². The summed E-state index contributed by atoms with van der Waals surface area (Å²) < 4.78 is 5.03. The average molecular weight is 173 g/mol. The number of nitrogens with two attached hydrogens (primary N) is 1. The lowest BCUT2D eigenvalue weighted by atomic mass is 9.78. The Kier molecular flexibility index (Phi) is 2.23. The first-order valence-electron chi connectivity index (χ1n) is 4.35. The fourth-order valence-corrected chi connectivity index (χ4v) is 1.95. The van der Waals surface area contributed by atoms with Crippen LogP contribution in [0.25, 0.3) is 0 Å². The third-order valence-corrected chi connectivity index (χ3v) is 2.15. The van der Waals surface area contributed by atoms with Crippen LogP contribution in [-0.4, -0.2) is 23.0 Å². The molecule has 1 saturated heterocycles. The number of hydrogen-bond donors (Lipinski definition) is 2. The molecule has 1 heterocycles. The first-order valence-corrected chi connectivity index (χ1v) is 4.35. The topological polar surface area (TPSA) is 58.8 Å². The van der Waals surface area contributed by atoms with Crippen molar-refractivity contribution in [3.63, 3.8) is 0 Å². The zero-order valence-corrected chi connectivity index (χ0v) is 8.29. The van der Waals surface area contributed by atoms with Gasteiger partial charge in [-0.3, -0.25) is 0 Å². The lowest BCUT2D eigenvalue weighted by Crippen LogP contribution is -2.39. The van der Waals surface area contributed by atoms with E-state index >= 15 is 0 Å². The van der Waals surface area contributed by atoms with Crippen molar-refractivity contribution >= 4 is 0 Å². The maximum atomic E-state index is 9.10. The molecule has 1 fully saturated rings. The molecule has 72 valence electrons. The van der Waals surface area contributed by atoms with Gasteiger partial charge in [-0.15, -0.1) is 0 Å². The fraction of sp³-hybridized carbons (Fsp3) is 1.00. The van der Waals surface area contributed by atoms with Crippen molar-refractivity contribution in [2.24, 2.45) is 11.1 Å². The SMILES string of the molecule is CC(C)(N)CC(C)(C)C1OC1O. The largest absolute Gasteiger partial charge is 0.366 e. The molecule has 0 spiro atoms. The first-order chi connectivity index (χ1) is 5.22. The molecular weight excluding hydrogens is 154 g/mol. The van der Waals surface area contributed by atoms with Gasteiger partial charge in [0.25, 0.3) is 0 Å². The van der Waals surface area contributed by atoms with Gasteiger partial charge in [-0.2, -0.15) is 0 Å². The van der Waals surface area contributed by atoms with Gasteiger partial charge in [-0.25, -0.2) is 0 Å². The zero-order chi connectivity index (χ0) is 9.57. The highest BCUT2D eigenvalue weighted by Crippen LogP contribution is 2.41. The molecule has 0 radical (unpaired) electrons. The Labute approximate surface area is 73.9 Å². The molecule has 1 rings (SSSR count). The standard InChI is InChI=1S/C9H19NO2/c1-8(2,5-9(3,4)10)6-7(11)12-6/h6-7,11H,5,10H2,1-4H3. The van der Waals surface area contributed by atoms with Crippen LogP contribution in [0.2, 0.25) is 0 Å². The molecule has 0 aromatic heterocycles. The molecular formula is C9H19NO2.